The molecule has 0 saturated heterocycles. The van der Waals surface area contributed by atoms with Crippen molar-refractivity contribution in [1.82, 2.24) is 9.55 Å². The van der Waals surface area contributed by atoms with E-state index in [2.05, 4.69) is 11.5 Å². The van der Waals surface area contributed by atoms with E-state index in [4.69, 9.17) is 10.7 Å². The quantitative estimate of drug-likeness (QED) is 0.830. The molecule has 0 aromatic carbocycles. The molecular weight excluding hydrogens is 198 g/mol. The van der Waals surface area contributed by atoms with Crippen LogP contribution in [-0.4, -0.2) is 9.55 Å². The van der Waals surface area contributed by atoms with Crippen molar-refractivity contribution in [1.29, 1.82) is 0 Å². The SMILES string of the molecule is Cc1nc(C2CCCCC2)c(N)n1C1CC1. The molecule has 1 aromatic rings. The fraction of sp³-hybridized carbons (Fsp3) is 0.769. The van der Waals surface area contributed by atoms with Gasteiger partial charge in [-0.05, 0) is 32.6 Å². The number of hydrogen-bond donors (Lipinski definition) is 1. The van der Waals surface area contributed by atoms with Gasteiger partial charge in [-0.25, -0.2) is 4.98 Å². The Labute approximate surface area is 97.0 Å². The van der Waals surface area contributed by atoms with Crippen molar-refractivity contribution in [2.75, 3.05) is 5.73 Å². The summed E-state index contributed by atoms with van der Waals surface area (Å²) in [5, 5.41) is 0. The Hall–Kier alpha value is -0.990. The van der Waals surface area contributed by atoms with Gasteiger partial charge in [0.1, 0.15) is 11.6 Å². The maximum absolute atomic E-state index is 6.28. The summed E-state index contributed by atoms with van der Waals surface area (Å²) in [6, 6.07) is 0.657. The zero-order valence-corrected chi connectivity index (χ0v) is 10.1. The summed E-state index contributed by atoms with van der Waals surface area (Å²) >= 11 is 0. The van der Waals surface area contributed by atoms with E-state index in [-0.39, 0.29) is 0 Å². The molecule has 3 rings (SSSR count). The topological polar surface area (TPSA) is 43.8 Å². The van der Waals surface area contributed by atoms with E-state index in [1.165, 1.54) is 50.6 Å². The lowest BCUT2D eigenvalue weighted by Crippen LogP contribution is -2.09. The van der Waals surface area contributed by atoms with Crippen LogP contribution in [0.1, 0.15) is 68.4 Å². The van der Waals surface area contributed by atoms with Gasteiger partial charge in [-0.2, -0.15) is 0 Å². The van der Waals surface area contributed by atoms with E-state index in [1.807, 2.05) is 0 Å². The number of rotatable bonds is 2. The molecule has 2 saturated carbocycles. The monoisotopic (exact) mass is 219 g/mol. The fourth-order valence-electron chi connectivity index (χ4n) is 3.05. The number of anilines is 1. The van der Waals surface area contributed by atoms with Crippen LogP contribution >= 0.6 is 0 Å². The average molecular weight is 219 g/mol. The van der Waals surface area contributed by atoms with Crippen LogP contribution in [0.2, 0.25) is 0 Å². The number of aryl methyl sites for hydroxylation is 1. The van der Waals surface area contributed by atoms with Gasteiger partial charge in [0.15, 0.2) is 0 Å². The van der Waals surface area contributed by atoms with E-state index in [1.54, 1.807) is 0 Å². The standard InChI is InChI=1S/C13H21N3/c1-9-15-12(10-5-3-2-4-6-10)13(14)16(9)11-7-8-11/h10-11H,2-8,14H2,1H3. The van der Waals surface area contributed by atoms with Crippen molar-refractivity contribution in [3.63, 3.8) is 0 Å². The van der Waals surface area contributed by atoms with Crippen LogP contribution in [0.3, 0.4) is 0 Å². The maximum Gasteiger partial charge on any atom is 0.127 e. The molecule has 0 atom stereocenters. The van der Waals surface area contributed by atoms with Gasteiger partial charge in [-0.1, -0.05) is 19.3 Å². The lowest BCUT2D eigenvalue weighted by Gasteiger charge is -2.20. The Bertz CT molecular complexity index is 384. The number of imidazole rings is 1. The Balaban J connectivity index is 1.91. The van der Waals surface area contributed by atoms with Crippen LogP contribution in [0.5, 0.6) is 0 Å². The molecule has 0 spiro atoms. The van der Waals surface area contributed by atoms with Gasteiger partial charge in [-0.3, -0.25) is 0 Å². The Morgan fingerprint density at radius 3 is 2.44 bits per heavy atom. The minimum Gasteiger partial charge on any atom is -0.384 e. The highest BCUT2D eigenvalue weighted by Gasteiger charge is 2.30. The second-order valence-electron chi connectivity index (χ2n) is 5.37. The van der Waals surface area contributed by atoms with Gasteiger partial charge in [0.2, 0.25) is 0 Å². The summed E-state index contributed by atoms with van der Waals surface area (Å²) in [7, 11) is 0. The average Bonchev–Trinajstić information content (AvgIpc) is 3.07. The molecule has 0 radical (unpaired) electrons. The van der Waals surface area contributed by atoms with Gasteiger partial charge in [0.05, 0.1) is 5.69 Å². The van der Waals surface area contributed by atoms with Crippen molar-refractivity contribution in [2.45, 2.75) is 63.8 Å². The summed E-state index contributed by atoms with van der Waals surface area (Å²) in [5.41, 5.74) is 7.47. The van der Waals surface area contributed by atoms with Crippen LogP contribution in [0.4, 0.5) is 5.82 Å². The molecule has 3 nitrogen and oxygen atoms in total. The molecule has 2 aliphatic carbocycles. The van der Waals surface area contributed by atoms with E-state index >= 15 is 0 Å². The third-order valence-electron chi connectivity index (χ3n) is 4.06. The summed E-state index contributed by atoms with van der Waals surface area (Å²) in [6.07, 6.45) is 9.21. The highest BCUT2D eigenvalue weighted by molar-refractivity contribution is 5.42. The minimum atomic E-state index is 0.632. The number of nitrogens with two attached hydrogens (primary N) is 1. The second kappa shape index (κ2) is 3.79. The highest BCUT2D eigenvalue weighted by Crippen LogP contribution is 2.42. The maximum atomic E-state index is 6.28. The number of nitrogens with zero attached hydrogens (tertiary/aromatic N) is 2. The minimum absolute atomic E-state index is 0.632. The van der Waals surface area contributed by atoms with E-state index in [9.17, 15) is 0 Å². The third-order valence-corrected chi connectivity index (χ3v) is 4.06. The molecule has 2 aliphatic rings. The van der Waals surface area contributed by atoms with Crippen LogP contribution in [0, 0.1) is 6.92 Å². The number of aromatic nitrogens is 2. The molecule has 1 aromatic heterocycles. The molecule has 1 heterocycles. The van der Waals surface area contributed by atoms with Crippen molar-refractivity contribution >= 4 is 5.82 Å². The molecule has 0 bridgehead atoms. The van der Waals surface area contributed by atoms with Crippen LogP contribution in [0.25, 0.3) is 0 Å². The van der Waals surface area contributed by atoms with Gasteiger partial charge in [0, 0.05) is 12.0 Å². The summed E-state index contributed by atoms with van der Waals surface area (Å²) in [6.45, 7) is 2.10. The van der Waals surface area contributed by atoms with Crippen molar-refractivity contribution in [2.24, 2.45) is 0 Å². The first-order chi connectivity index (χ1) is 7.77. The summed E-state index contributed by atoms with van der Waals surface area (Å²) in [4.78, 5) is 4.73. The van der Waals surface area contributed by atoms with E-state index < -0.39 is 0 Å². The van der Waals surface area contributed by atoms with E-state index in [0.29, 0.717) is 12.0 Å². The van der Waals surface area contributed by atoms with Gasteiger partial charge < -0.3 is 10.3 Å². The third kappa shape index (κ3) is 1.62. The van der Waals surface area contributed by atoms with Crippen LogP contribution in [0.15, 0.2) is 0 Å². The Morgan fingerprint density at radius 1 is 1.12 bits per heavy atom. The first kappa shape index (κ1) is 10.2. The molecule has 0 unspecified atom stereocenters. The molecule has 3 heteroatoms. The zero-order chi connectivity index (χ0) is 11.1. The molecule has 16 heavy (non-hydrogen) atoms. The van der Waals surface area contributed by atoms with E-state index in [0.717, 1.165) is 11.6 Å². The normalized spacial score (nSPS) is 22.6. The Morgan fingerprint density at radius 2 is 1.81 bits per heavy atom. The van der Waals surface area contributed by atoms with Crippen molar-refractivity contribution in [3.8, 4) is 0 Å². The molecule has 0 amide bonds. The van der Waals surface area contributed by atoms with Crippen LogP contribution < -0.4 is 5.73 Å². The molecule has 2 N–H and O–H groups in total. The molecule has 2 fully saturated rings. The van der Waals surface area contributed by atoms with Crippen molar-refractivity contribution < 1.29 is 0 Å². The Kier molecular flexibility index (Phi) is 2.41. The molecular formula is C13H21N3. The smallest absolute Gasteiger partial charge is 0.127 e. The zero-order valence-electron chi connectivity index (χ0n) is 10.1. The largest absolute Gasteiger partial charge is 0.384 e. The second-order valence-corrected chi connectivity index (χ2v) is 5.37. The highest BCUT2D eigenvalue weighted by atomic mass is 15.2. The van der Waals surface area contributed by atoms with Gasteiger partial charge in [0.25, 0.3) is 0 Å². The lowest BCUT2D eigenvalue weighted by atomic mass is 9.87. The lowest BCUT2D eigenvalue weighted by molar-refractivity contribution is 0.438. The van der Waals surface area contributed by atoms with Crippen LogP contribution in [-0.2, 0) is 0 Å². The fourth-order valence-corrected chi connectivity index (χ4v) is 3.05. The molecule has 88 valence electrons. The predicted molar refractivity (Wildman–Crippen MR) is 65.5 cm³/mol. The number of nitrogen functional groups attached to an aromatic ring is 1. The number of hydrogen-bond acceptors (Lipinski definition) is 2. The van der Waals surface area contributed by atoms with Gasteiger partial charge >= 0.3 is 0 Å². The summed E-state index contributed by atoms with van der Waals surface area (Å²) < 4.78 is 2.27. The molecule has 0 aliphatic heterocycles. The predicted octanol–water partition coefficient (Wildman–Crippen LogP) is 3.16. The first-order valence-corrected chi connectivity index (χ1v) is 6.61. The van der Waals surface area contributed by atoms with Crippen molar-refractivity contribution in [3.05, 3.63) is 11.5 Å². The first-order valence-electron chi connectivity index (χ1n) is 6.61. The van der Waals surface area contributed by atoms with Gasteiger partial charge in [-0.15, -0.1) is 0 Å². The summed E-state index contributed by atoms with van der Waals surface area (Å²) in [5.74, 6) is 2.72.